The van der Waals surface area contributed by atoms with Gasteiger partial charge in [0.2, 0.25) is 5.88 Å². The van der Waals surface area contributed by atoms with Gasteiger partial charge in [-0.25, -0.2) is 23.1 Å². The molecule has 9 nitrogen and oxygen atoms in total. The highest BCUT2D eigenvalue weighted by Crippen LogP contribution is 2.38. The molecule has 3 aliphatic heterocycles. The first-order valence-corrected chi connectivity index (χ1v) is 14.4. The molecule has 3 aliphatic rings. The molecule has 3 N–H and O–H groups in total. The van der Waals surface area contributed by atoms with Crippen molar-refractivity contribution in [3.8, 4) is 22.9 Å². The highest BCUT2D eigenvalue weighted by molar-refractivity contribution is 5.97. The molecule has 1 aromatic carbocycles. The van der Waals surface area contributed by atoms with Crippen LogP contribution in [-0.2, 0) is 17.6 Å². The van der Waals surface area contributed by atoms with Crippen LogP contribution in [0.4, 0.5) is 18.9 Å². The van der Waals surface area contributed by atoms with E-state index < -0.39 is 46.6 Å². The minimum atomic E-state index is -1.06. The lowest BCUT2D eigenvalue weighted by Crippen LogP contribution is -2.56. The molecule has 2 saturated heterocycles. The molecule has 6 rings (SSSR count). The topological polar surface area (TPSA) is 120 Å². The largest absolute Gasteiger partial charge is 0.488 e. The number of aliphatic hydroxyl groups excluding tert-OH is 1. The molecule has 2 fully saturated rings. The van der Waals surface area contributed by atoms with Crippen molar-refractivity contribution >= 4 is 11.5 Å². The quantitative estimate of drug-likeness (QED) is 0.393. The first kappa shape index (κ1) is 29.3. The molecule has 4 atom stereocenters. The molecular weight excluding hydrogens is 565 g/mol. The van der Waals surface area contributed by atoms with Gasteiger partial charge in [0.25, 0.3) is 0 Å². The van der Waals surface area contributed by atoms with Crippen LogP contribution in [0.2, 0.25) is 0 Å². The molecule has 3 aromatic rings. The smallest absolute Gasteiger partial charge is 0.218 e. The first-order valence-electron chi connectivity index (χ1n) is 14.4. The van der Waals surface area contributed by atoms with Gasteiger partial charge >= 0.3 is 0 Å². The maximum atomic E-state index is 15.2. The number of halogens is 3. The summed E-state index contributed by atoms with van der Waals surface area (Å²) in [6.45, 7) is 4.15. The molecule has 0 radical (unpaired) electrons. The zero-order valence-electron chi connectivity index (χ0n) is 23.7. The lowest BCUT2D eigenvalue weighted by atomic mass is 9.91. The average molecular weight is 599 g/mol. The molecule has 0 amide bonds. The van der Waals surface area contributed by atoms with Crippen molar-refractivity contribution in [3.05, 3.63) is 64.7 Å². The Morgan fingerprint density at radius 3 is 2.67 bits per heavy atom. The summed E-state index contributed by atoms with van der Waals surface area (Å²) in [4.78, 5) is 24.0. The monoisotopic (exact) mass is 598 g/mol. The van der Waals surface area contributed by atoms with Gasteiger partial charge in [0, 0.05) is 74.0 Å². The Labute approximate surface area is 246 Å². The van der Waals surface area contributed by atoms with E-state index in [1.54, 1.807) is 6.20 Å². The normalized spacial score (nSPS) is 23.5. The van der Waals surface area contributed by atoms with Gasteiger partial charge < -0.3 is 30.0 Å². The van der Waals surface area contributed by atoms with Crippen molar-refractivity contribution < 1.29 is 37.3 Å². The van der Waals surface area contributed by atoms with Crippen molar-refractivity contribution in [3.63, 3.8) is 0 Å². The fourth-order valence-electron chi connectivity index (χ4n) is 6.07. The number of Topliss-reactive ketones (excluding diaryl/α,β-unsaturated/α-hetero) is 1. The van der Waals surface area contributed by atoms with Crippen LogP contribution in [0.25, 0.3) is 11.3 Å². The fraction of sp³-hybridized carbons (Fsp3) is 0.452. The second-order valence-electron chi connectivity index (χ2n) is 11.4. The van der Waals surface area contributed by atoms with E-state index in [1.807, 2.05) is 11.8 Å². The average Bonchev–Trinajstić information content (AvgIpc) is 3.45. The number of anilines is 1. The molecule has 0 bridgehead atoms. The summed E-state index contributed by atoms with van der Waals surface area (Å²) in [5.74, 6) is -3.27. The summed E-state index contributed by atoms with van der Waals surface area (Å²) in [7, 11) is 0. The Balaban J connectivity index is 1.28. The van der Waals surface area contributed by atoms with E-state index in [0.29, 0.717) is 57.2 Å². The molecule has 43 heavy (non-hydrogen) atoms. The molecule has 5 heterocycles. The van der Waals surface area contributed by atoms with E-state index in [1.165, 1.54) is 6.07 Å². The Bertz CT molecular complexity index is 1500. The molecule has 228 valence electrons. The van der Waals surface area contributed by atoms with Crippen LogP contribution in [0.15, 0.2) is 30.5 Å². The summed E-state index contributed by atoms with van der Waals surface area (Å²) >= 11 is 0. The second kappa shape index (κ2) is 12.1. The number of carbonyl (C=O) groups excluding carboxylic acids is 1. The van der Waals surface area contributed by atoms with Gasteiger partial charge in [-0.15, -0.1) is 0 Å². The third-order valence-electron chi connectivity index (χ3n) is 8.21. The summed E-state index contributed by atoms with van der Waals surface area (Å²) in [6, 6.07) is 3.64. The highest BCUT2D eigenvalue weighted by Gasteiger charge is 2.35. The second-order valence-corrected chi connectivity index (χ2v) is 11.4. The van der Waals surface area contributed by atoms with Crippen molar-refractivity contribution in [2.45, 2.75) is 50.9 Å². The number of ketones is 1. The van der Waals surface area contributed by atoms with Crippen molar-refractivity contribution in [2.24, 2.45) is 11.7 Å². The molecule has 0 aliphatic carbocycles. The number of fused-ring (bicyclic) bond motifs is 1. The standard InChI is InChI=1S/C31H33F3N4O5/c1-16-13-38(14-24(35)30(16)40)29-17(12-36-31-20(29)6-8-42-31)9-26(39)25-5-4-21(32)28(37-25)27-22(33)10-19(11-23(27)34)43-18-3-2-7-41-15-18/h4-5,10-12,16,18,24,30,40H,2-3,6-9,13-15,35H2,1H3/t16-,18?,24+,30+/m0/s1. The summed E-state index contributed by atoms with van der Waals surface area (Å²) < 4.78 is 62.0. The number of benzene rings is 1. The number of aliphatic hydroxyl groups is 1. The van der Waals surface area contributed by atoms with Gasteiger partial charge in [-0.3, -0.25) is 4.79 Å². The Kier molecular flexibility index (Phi) is 8.25. The summed E-state index contributed by atoms with van der Waals surface area (Å²) in [5.41, 5.74) is 6.97. The van der Waals surface area contributed by atoms with Crippen LogP contribution in [0.1, 0.15) is 41.4 Å². The zero-order valence-corrected chi connectivity index (χ0v) is 23.7. The first-order chi connectivity index (χ1) is 20.7. The Morgan fingerprint density at radius 2 is 1.95 bits per heavy atom. The third kappa shape index (κ3) is 5.91. The molecule has 0 saturated carbocycles. The van der Waals surface area contributed by atoms with E-state index in [2.05, 4.69) is 9.97 Å². The van der Waals surface area contributed by atoms with Crippen LogP contribution in [0, 0.1) is 23.4 Å². The summed E-state index contributed by atoms with van der Waals surface area (Å²) in [6.07, 6.45) is 2.45. The number of piperidine rings is 1. The SMILES string of the molecule is C[C@H]1CN(c2c(CC(=O)c3ccc(F)c(-c4c(F)cc(OC5CCCOC5)cc4F)n3)cnc3c2CCO3)C[C@@H](N)[C@@H]1O. The number of carbonyl (C=O) groups is 1. The van der Waals surface area contributed by atoms with Gasteiger partial charge in [0.05, 0.1) is 30.6 Å². The van der Waals surface area contributed by atoms with Crippen LogP contribution in [-0.4, -0.2) is 72.0 Å². The number of pyridine rings is 2. The molecule has 0 spiro atoms. The Hall–Kier alpha value is -3.74. The zero-order chi connectivity index (χ0) is 30.2. The number of hydrogen-bond donors (Lipinski definition) is 2. The van der Waals surface area contributed by atoms with Gasteiger partial charge in [0.1, 0.15) is 40.7 Å². The van der Waals surface area contributed by atoms with E-state index in [4.69, 9.17) is 19.9 Å². The minimum Gasteiger partial charge on any atom is -0.488 e. The number of rotatable bonds is 7. The molecule has 12 heteroatoms. The van der Waals surface area contributed by atoms with Crippen LogP contribution in [0.5, 0.6) is 11.6 Å². The Morgan fingerprint density at radius 1 is 1.16 bits per heavy atom. The maximum Gasteiger partial charge on any atom is 0.218 e. The maximum absolute atomic E-state index is 15.2. The number of hydrogen-bond acceptors (Lipinski definition) is 9. The lowest BCUT2D eigenvalue weighted by molar-refractivity contribution is 0.00720. The minimum absolute atomic E-state index is 0.0400. The van der Waals surface area contributed by atoms with Gasteiger partial charge in [-0.1, -0.05) is 6.92 Å². The fourth-order valence-corrected chi connectivity index (χ4v) is 6.07. The lowest BCUT2D eigenvalue weighted by Gasteiger charge is -2.41. The van der Waals surface area contributed by atoms with Gasteiger partial charge in [0.15, 0.2) is 5.78 Å². The molecule has 1 unspecified atom stereocenters. The van der Waals surface area contributed by atoms with Gasteiger partial charge in [-0.2, -0.15) is 0 Å². The highest BCUT2D eigenvalue weighted by atomic mass is 19.1. The third-order valence-corrected chi connectivity index (χ3v) is 8.21. The van der Waals surface area contributed by atoms with Crippen molar-refractivity contribution in [1.29, 1.82) is 0 Å². The van der Waals surface area contributed by atoms with Gasteiger partial charge in [-0.05, 0) is 25.0 Å². The number of ether oxygens (including phenoxy) is 3. The number of aromatic nitrogens is 2. The predicted octanol–water partition coefficient (Wildman–Crippen LogP) is 3.62. The summed E-state index contributed by atoms with van der Waals surface area (Å²) in [5, 5.41) is 10.4. The van der Waals surface area contributed by atoms with E-state index in [0.717, 1.165) is 35.9 Å². The van der Waals surface area contributed by atoms with Crippen molar-refractivity contribution in [2.75, 3.05) is 37.8 Å². The molecule has 2 aromatic heterocycles. The van der Waals surface area contributed by atoms with Crippen LogP contribution >= 0.6 is 0 Å². The predicted molar refractivity (Wildman–Crippen MR) is 151 cm³/mol. The van der Waals surface area contributed by atoms with E-state index >= 15 is 8.78 Å². The van der Waals surface area contributed by atoms with Crippen LogP contribution in [0.3, 0.4) is 0 Å². The van der Waals surface area contributed by atoms with E-state index in [9.17, 15) is 14.3 Å². The number of nitrogens with zero attached hydrogens (tertiary/aromatic N) is 3. The molecular formula is C31H33F3N4O5. The van der Waals surface area contributed by atoms with Crippen LogP contribution < -0.4 is 20.1 Å². The van der Waals surface area contributed by atoms with Crippen molar-refractivity contribution in [1.82, 2.24) is 9.97 Å². The van der Waals surface area contributed by atoms with E-state index in [-0.39, 0.29) is 29.9 Å². The number of nitrogens with two attached hydrogens (primary N) is 1.